The largest absolute Gasteiger partial charge is 0.359 e. The molecular formula is C16H28N4O3. The van der Waals surface area contributed by atoms with Crippen molar-refractivity contribution < 1.29 is 14.4 Å². The van der Waals surface area contributed by atoms with Crippen molar-refractivity contribution in [3.8, 4) is 0 Å². The van der Waals surface area contributed by atoms with Gasteiger partial charge in [0.25, 0.3) is 0 Å². The number of hydrogen-bond acceptors (Lipinski definition) is 4. The molecule has 2 aliphatic heterocycles. The quantitative estimate of drug-likeness (QED) is 0.728. The molecule has 2 heterocycles. The van der Waals surface area contributed by atoms with Gasteiger partial charge in [0.05, 0.1) is 12.0 Å². The van der Waals surface area contributed by atoms with Crippen molar-refractivity contribution >= 4 is 17.7 Å². The number of carbonyl (C=O) groups is 3. The molecule has 0 bridgehead atoms. The molecule has 0 aromatic heterocycles. The van der Waals surface area contributed by atoms with Crippen LogP contribution in [-0.2, 0) is 14.4 Å². The number of piperidine rings is 1. The van der Waals surface area contributed by atoms with Crippen molar-refractivity contribution in [2.75, 3.05) is 34.2 Å². The summed E-state index contributed by atoms with van der Waals surface area (Å²) in [6.45, 7) is 3.17. The third-order valence-electron chi connectivity index (χ3n) is 5.04. The molecule has 2 aliphatic rings. The molecule has 0 saturated carbocycles. The lowest BCUT2D eigenvalue weighted by Crippen LogP contribution is -2.49. The highest BCUT2D eigenvalue weighted by Crippen LogP contribution is 2.25. The van der Waals surface area contributed by atoms with Crippen LogP contribution in [0.15, 0.2) is 0 Å². The van der Waals surface area contributed by atoms with Gasteiger partial charge in [0.2, 0.25) is 17.7 Å². The van der Waals surface area contributed by atoms with E-state index in [1.54, 1.807) is 26.0 Å². The first-order valence-corrected chi connectivity index (χ1v) is 8.32. The molecule has 130 valence electrons. The third-order valence-corrected chi connectivity index (χ3v) is 5.04. The molecule has 2 rings (SSSR count). The summed E-state index contributed by atoms with van der Waals surface area (Å²) < 4.78 is 0. The van der Waals surface area contributed by atoms with Crippen LogP contribution in [0.2, 0.25) is 0 Å². The fourth-order valence-electron chi connectivity index (χ4n) is 3.56. The molecule has 0 aromatic carbocycles. The fraction of sp³-hybridized carbons (Fsp3) is 0.812. The Labute approximate surface area is 137 Å². The average molecular weight is 324 g/mol. The number of hydrogen-bond donors (Lipinski definition) is 2. The first-order chi connectivity index (χ1) is 10.8. The first-order valence-electron chi connectivity index (χ1n) is 8.32. The van der Waals surface area contributed by atoms with Gasteiger partial charge >= 0.3 is 0 Å². The lowest BCUT2D eigenvalue weighted by molar-refractivity contribution is -0.137. The Bertz CT molecular complexity index is 472. The maximum Gasteiger partial charge on any atom is 0.239 e. The number of nitrogens with zero attached hydrogens (tertiary/aromatic N) is 2. The van der Waals surface area contributed by atoms with Crippen LogP contribution in [-0.4, -0.2) is 73.8 Å². The van der Waals surface area contributed by atoms with Crippen LogP contribution in [0.5, 0.6) is 0 Å². The summed E-state index contributed by atoms with van der Waals surface area (Å²) in [5.74, 6) is 0.0335. The van der Waals surface area contributed by atoms with Crippen molar-refractivity contribution in [2.24, 2.45) is 11.8 Å². The Morgan fingerprint density at radius 1 is 1.17 bits per heavy atom. The van der Waals surface area contributed by atoms with Crippen molar-refractivity contribution in [3.63, 3.8) is 0 Å². The van der Waals surface area contributed by atoms with Gasteiger partial charge in [-0.25, -0.2) is 0 Å². The zero-order valence-electron chi connectivity index (χ0n) is 14.5. The molecule has 3 atom stereocenters. The van der Waals surface area contributed by atoms with Crippen LogP contribution in [0.25, 0.3) is 0 Å². The van der Waals surface area contributed by atoms with Gasteiger partial charge in [-0.3, -0.25) is 14.4 Å². The van der Waals surface area contributed by atoms with E-state index in [0.717, 1.165) is 0 Å². The van der Waals surface area contributed by atoms with Gasteiger partial charge in [-0.05, 0) is 26.2 Å². The van der Waals surface area contributed by atoms with Gasteiger partial charge in [-0.15, -0.1) is 0 Å². The standard InChI is InChI=1S/C16H28N4O3/c1-10-12(15(22)19(3)4)9-13(18-10)16(23)20-7-5-11(6-8-20)14(21)17-2/h10-13,18H,5-9H2,1-4H3,(H,17,21). The third kappa shape index (κ3) is 3.83. The van der Waals surface area contributed by atoms with Crippen molar-refractivity contribution in [1.29, 1.82) is 0 Å². The average Bonchev–Trinajstić information content (AvgIpc) is 2.94. The number of carbonyl (C=O) groups excluding carboxylic acids is 3. The van der Waals surface area contributed by atoms with Gasteiger partial charge in [-0.1, -0.05) is 0 Å². The van der Waals surface area contributed by atoms with Crippen molar-refractivity contribution in [3.05, 3.63) is 0 Å². The summed E-state index contributed by atoms with van der Waals surface area (Å²) in [7, 11) is 5.13. The molecule has 7 nitrogen and oxygen atoms in total. The molecule has 3 unspecified atom stereocenters. The van der Waals surface area contributed by atoms with E-state index in [4.69, 9.17) is 0 Å². The number of nitrogens with one attached hydrogen (secondary N) is 2. The Balaban J connectivity index is 1.90. The SMILES string of the molecule is CNC(=O)C1CCN(C(=O)C2CC(C(=O)N(C)C)C(C)N2)CC1. The molecular weight excluding hydrogens is 296 g/mol. The normalized spacial score (nSPS) is 28.5. The lowest BCUT2D eigenvalue weighted by Gasteiger charge is -2.32. The maximum absolute atomic E-state index is 12.7. The summed E-state index contributed by atoms with van der Waals surface area (Å²) in [5.41, 5.74) is 0. The molecule has 0 radical (unpaired) electrons. The van der Waals surface area contributed by atoms with Crippen molar-refractivity contribution in [2.45, 2.75) is 38.3 Å². The van der Waals surface area contributed by atoms with E-state index in [9.17, 15) is 14.4 Å². The maximum atomic E-state index is 12.7. The van der Waals surface area contributed by atoms with E-state index in [1.807, 2.05) is 11.8 Å². The molecule has 3 amide bonds. The van der Waals surface area contributed by atoms with E-state index >= 15 is 0 Å². The monoisotopic (exact) mass is 324 g/mol. The fourth-order valence-corrected chi connectivity index (χ4v) is 3.56. The second-order valence-corrected chi connectivity index (χ2v) is 6.80. The number of amides is 3. The van der Waals surface area contributed by atoms with E-state index in [-0.39, 0.29) is 41.6 Å². The second-order valence-electron chi connectivity index (χ2n) is 6.80. The zero-order valence-corrected chi connectivity index (χ0v) is 14.5. The van der Waals surface area contributed by atoms with Crippen LogP contribution in [0.1, 0.15) is 26.2 Å². The van der Waals surface area contributed by atoms with Gasteiger partial charge < -0.3 is 20.4 Å². The molecule has 2 saturated heterocycles. The molecule has 2 N–H and O–H groups in total. The van der Waals surface area contributed by atoms with E-state index in [2.05, 4.69) is 10.6 Å². The molecule has 2 fully saturated rings. The number of rotatable bonds is 3. The zero-order chi connectivity index (χ0) is 17.1. The van der Waals surface area contributed by atoms with Gasteiger partial charge in [0.15, 0.2) is 0 Å². The van der Waals surface area contributed by atoms with Gasteiger partial charge in [0, 0.05) is 46.2 Å². The predicted octanol–water partition coefficient (Wildman–Crippen LogP) is -0.574. The van der Waals surface area contributed by atoms with Crippen LogP contribution in [0.4, 0.5) is 0 Å². The Kier molecular flexibility index (Phi) is 5.62. The summed E-state index contributed by atoms with van der Waals surface area (Å²) in [6, 6.07) is -0.294. The smallest absolute Gasteiger partial charge is 0.239 e. The highest BCUT2D eigenvalue weighted by atomic mass is 16.2. The summed E-state index contributed by atoms with van der Waals surface area (Å²) in [6.07, 6.45) is 1.95. The molecule has 0 aromatic rings. The van der Waals surface area contributed by atoms with E-state index in [0.29, 0.717) is 32.4 Å². The van der Waals surface area contributed by atoms with Crippen molar-refractivity contribution in [1.82, 2.24) is 20.4 Å². The minimum atomic E-state index is -0.296. The number of likely N-dealkylation sites (tertiary alicyclic amines) is 1. The summed E-state index contributed by atoms with van der Waals surface area (Å²) in [4.78, 5) is 39.9. The molecule has 7 heteroatoms. The van der Waals surface area contributed by atoms with Crippen LogP contribution < -0.4 is 10.6 Å². The minimum absolute atomic E-state index is 0.00209. The Morgan fingerprint density at radius 2 is 1.78 bits per heavy atom. The predicted molar refractivity (Wildman–Crippen MR) is 86.6 cm³/mol. The highest BCUT2D eigenvalue weighted by Gasteiger charge is 2.41. The van der Waals surface area contributed by atoms with Gasteiger partial charge in [-0.2, -0.15) is 0 Å². The second kappa shape index (κ2) is 7.29. The molecule has 0 aliphatic carbocycles. The topological polar surface area (TPSA) is 81.8 Å². The summed E-state index contributed by atoms with van der Waals surface area (Å²) in [5, 5.41) is 5.94. The van der Waals surface area contributed by atoms with Crippen LogP contribution in [0, 0.1) is 11.8 Å². The lowest BCUT2D eigenvalue weighted by atomic mass is 9.94. The minimum Gasteiger partial charge on any atom is -0.359 e. The van der Waals surface area contributed by atoms with Crippen LogP contribution in [0.3, 0.4) is 0 Å². The van der Waals surface area contributed by atoms with E-state index < -0.39 is 0 Å². The van der Waals surface area contributed by atoms with Gasteiger partial charge in [0.1, 0.15) is 0 Å². The molecule has 23 heavy (non-hydrogen) atoms. The van der Waals surface area contributed by atoms with E-state index in [1.165, 1.54) is 0 Å². The molecule has 0 spiro atoms. The highest BCUT2D eigenvalue weighted by molar-refractivity contribution is 5.86. The van der Waals surface area contributed by atoms with Crippen LogP contribution >= 0.6 is 0 Å². The first kappa shape index (κ1) is 17.7. The summed E-state index contributed by atoms with van der Waals surface area (Å²) >= 11 is 0. The Hall–Kier alpha value is -1.63. The Morgan fingerprint density at radius 3 is 2.30 bits per heavy atom.